The molecular weight excluding hydrogens is 256 g/mol. The van der Waals surface area contributed by atoms with Gasteiger partial charge in [-0.2, -0.15) is 0 Å². The molecule has 0 unspecified atom stereocenters. The van der Waals surface area contributed by atoms with E-state index >= 15 is 0 Å². The first-order valence-electron chi connectivity index (χ1n) is 6.13. The van der Waals surface area contributed by atoms with E-state index in [1.165, 1.54) is 18.6 Å². The molecule has 0 saturated carbocycles. The fourth-order valence-corrected chi connectivity index (χ4v) is 2.14. The van der Waals surface area contributed by atoms with Gasteiger partial charge >= 0.3 is 0 Å². The largest absolute Gasteiger partial charge is 0.465 e. The molecule has 0 bridgehead atoms. The lowest BCUT2D eigenvalue weighted by Gasteiger charge is -2.23. The van der Waals surface area contributed by atoms with E-state index in [2.05, 4.69) is 0 Å². The van der Waals surface area contributed by atoms with E-state index in [9.17, 15) is 9.90 Å². The van der Waals surface area contributed by atoms with E-state index in [-0.39, 0.29) is 11.5 Å². The summed E-state index contributed by atoms with van der Waals surface area (Å²) in [5.74, 6) is -0.332. The molecule has 20 heavy (non-hydrogen) atoms. The molecule has 0 aliphatic carbocycles. The van der Waals surface area contributed by atoms with Crippen LogP contribution in [0.1, 0.15) is 21.9 Å². The fourth-order valence-electron chi connectivity index (χ4n) is 2.14. The minimum absolute atomic E-state index is 0.0766. The number of Topliss-reactive ketones (excluding diaryl/α,β-unsaturated/α-hetero) is 1. The number of benzene rings is 1. The van der Waals surface area contributed by atoms with Gasteiger partial charge in [-0.05, 0) is 29.8 Å². The van der Waals surface area contributed by atoms with Crippen molar-refractivity contribution in [3.8, 4) is 0 Å². The van der Waals surface area contributed by atoms with Gasteiger partial charge in [-0.1, -0.05) is 30.3 Å². The summed E-state index contributed by atoms with van der Waals surface area (Å²) < 4.78 is 10.4. The van der Waals surface area contributed by atoms with Crippen LogP contribution in [0.4, 0.5) is 0 Å². The molecule has 0 spiro atoms. The molecule has 0 aliphatic rings. The highest BCUT2D eigenvalue weighted by Crippen LogP contribution is 2.33. The second-order valence-corrected chi connectivity index (χ2v) is 4.36. The van der Waals surface area contributed by atoms with Crippen molar-refractivity contribution in [2.45, 2.75) is 5.60 Å². The van der Waals surface area contributed by atoms with Crippen LogP contribution in [-0.2, 0) is 5.60 Å². The zero-order valence-electron chi connectivity index (χ0n) is 10.5. The van der Waals surface area contributed by atoms with Crippen LogP contribution in [0, 0.1) is 0 Å². The second-order valence-electron chi connectivity index (χ2n) is 4.36. The minimum Gasteiger partial charge on any atom is -0.465 e. The topological polar surface area (TPSA) is 63.6 Å². The Morgan fingerprint density at radius 1 is 0.900 bits per heavy atom. The molecule has 2 heterocycles. The van der Waals surface area contributed by atoms with Crippen LogP contribution in [0.2, 0.25) is 0 Å². The van der Waals surface area contributed by atoms with Crippen molar-refractivity contribution in [2.24, 2.45) is 0 Å². The maximum absolute atomic E-state index is 12.6. The number of hydrogen-bond acceptors (Lipinski definition) is 4. The molecule has 4 heteroatoms. The third-order valence-corrected chi connectivity index (χ3v) is 3.14. The summed E-state index contributed by atoms with van der Waals surface area (Å²) in [5.41, 5.74) is -1.47. The summed E-state index contributed by atoms with van der Waals surface area (Å²) >= 11 is 0. The van der Waals surface area contributed by atoms with Crippen LogP contribution >= 0.6 is 0 Å². The minimum atomic E-state index is -1.90. The number of aliphatic hydroxyl groups is 1. The lowest BCUT2D eigenvalue weighted by molar-refractivity contribution is 0.0368. The van der Waals surface area contributed by atoms with Crippen LogP contribution in [0.3, 0.4) is 0 Å². The van der Waals surface area contributed by atoms with Gasteiger partial charge in [0.2, 0.25) is 11.4 Å². The molecule has 1 aromatic carbocycles. The molecule has 0 amide bonds. The van der Waals surface area contributed by atoms with E-state index in [0.29, 0.717) is 5.56 Å². The zero-order valence-corrected chi connectivity index (χ0v) is 10.5. The van der Waals surface area contributed by atoms with Crippen molar-refractivity contribution in [2.75, 3.05) is 0 Å². The quantitative estimate of drug-likeness (QED) is 0.739. The van der Waals surface area contributed by atoms with Crippen molar-refractivity contribution < 1.29 is 18.7 Å². The molecule has 3 aromatic rings. The average molecular weight is 268 g/mol. The van der Waals surface area contributed by atoms with E-state index in [1.807, 2.05) is 6.07 Å². The normalized spacial score (nSPS) is 13.8. The predicted octanol–water partition coefficient (Wildman–Crippen LogP) is 2.99. The lowest BCUT2D eigenvalue weighted by atomic mass is 9.86. The van der Waals surface area contributed by atoms with E-state index in [0.717, 1.165) is 0 Å². The summed E-state index contributed by atoms with van der Waals surface area (Å²) in [6.07, 6.45) is 2.81. The maximum Gasteiger partial charge on any atom is 0.241 e. The zero-order chi connectivity index (χ0) is 14.0. The number of ketones is 1. The fraction of sp³-hybridized carbons (Fsp3) is 0.0625. The summed E-state index contributed by atoms with van der Waals surface area (Å²) in [4.78, 5) is 12.6. The summed E-state index contributed by atoms with van der Waals surface area (Å²) in [7, 11) is 0. The van der Waals surface area contributed by atoms with Gasteiger partial charge in [0.25, 0.3) is 0 Å². The van der Waals surface area contributed by atoms with Gasteiger partial charge in [-0.25, -0.2) is 0 Å². The Labute approximate surface area is 115 Å². The standard InChI is InChI=1S/C16H12O4/c17-15(13-8-4-10-19-13)16(18,14-9-5-11-20-14)12-6-2-1-3-7-12/h1-11,18H/t16-/m0/s1. The average Bonchev–Trinajstić information content (AvgIpc) is 3.19. The Hall–Kier alpha value is -2.59. The van der Waals surface area contributed by atoms with E-state index in [4.69, 9.17) is 8.83 Å². The number of hydrogen-bond donors (Lipinski definition) is 1. The second kappa shape index (κ2) is 4.83. The SMILES string of the molecule is O=C(c1ccco1)[C@](O)(c1ccccc1)c1ccco1. The maximum atomic E-state index is 12.6. The number of rotatable bonds is 4. The number of furan rings is 2. The van der Waals surface area contributed by atoms with Crippen molar-refractivity contribution in [3.05, 3.63) is 84.2 Å². The van der Waals surface area contributed by atoms with Gasteiger partial charge in [0, 0.05) is 0 Å². The van der Waals surface area contributed by atoms with Gasteiger partial charge in [0.1, 0.15) is 5.76 Å². The summed E-state index contributed by atoms with van der Waals surface area (Å²) in [5, 5.41) is 11.0. The van der Waals surface area contributed by atoms with Gasteiger partial charge < -0.3 is 13.9 Å². The number of carbonyl (C=O) groups is 1. The third kappa shape index (κ3) is 1.87. The molecule has 100 valence electrons. The van der Waals surface area contributed by atoms with Crippen LogP contribution in [0.15, 0.2) is 76.0 Å². The van der Waals surface area contributed by atoms with Gasteiger partial charge in [-0.15, -0.1) is 0 Å². The Kier molecular flexibility index (Phi) is 3.00. The van der Waals surface area contributed by atoms with E-state index in [1.54, 1.807) is 42.5 Å². The molecule has 0 fully saturated rings. The summed E-state index contributed by atoms with van der Waals surface area (Å²) in [6.45, 7) is 0. The molecular formula is C16H12O4. The van der Waals surface area contributed by atoms with Crippen LogP contribution in [-0.4, -0.2) is 10.9 Å². The van der Waals surface area contributed by atoms with Gasteiger partial charge in [0.15, 0.2) is 5.76 Å². The number of carbonyl (C=O) groups excluding carboxylic acids is 1. The monoisotopic (exact) mass is 268 g/mol. The highest BCUT2D eigenvalue weighted by atomic mass is 16.4. The Morgan fingerprint density at radius 3 is 2.20 bits per heavy atom. The Bertz CT molecular complexity index is 683. The van der Waals surface area contributed by atoms with Crippen LogP contribution in [0.25, 0.3) is 0 Å². The van der Waals surface area contributed by atoms with Gasteiger partial charge in [0.05, 0.1) is 12.5 Å². The summed E-state index contributed by atoms with van der Waals surface area (Å²) in [6, 6.07) is 14.9. The molecule has 0 radical (unpaired) electrons. The molecule has 4 nitrogen and oxygen atoms in total. The lowest BCUT2D eigenvalue weighted by Crippen LogP contribution is -2.36. The van der Waals surface area contributed by atoms with Crippen molar-refractivity contribution in [3.63, 3.8) is 0 Å². The molecule has 0 saturated heterocycles. The predicted molar refractivity (Wildman–Crippen MR) is 71.2 cm³/mol. The van der Waals surface area contributed by atoms with Gasteiger partial charge in [-0.3, -0.25) is 4.79 Å². The third-order valence-electron chi connectivity index (χ3n) is 3.14. The molecule has 0 aliphatic heterocycles. The van der Waals surface area contributed by atoms with E-state index < -0.39 is 11.4 Å². The Morgan fingerprint density at radius 2 is 1.60 bits per heavy atom. The highest BCUT2D eigenvalue weighted by Gasteiger charge is 2.44. The first kappa shape index (κ1) is 12.4. The smallest absolute Gasteiger partial charge is 0.241 e. The first-order chi connectivity index (χ1) is 9.73. The van der Waals surface area contributed by atoms with Crippen molar-refractivity contribution in [1.82, 2.24) is 0 Å². The molecule has 2 aromatic heterocycles. The van der Waals surface area contributed by atoms with Crippen molar-refractivity contribution in [1.29, 1.82) is 0 Å². The van der Waals surface area contributed by atoms with Crippen LogP contribution in [0.5, 0.6) is 0 Å². The first-order valence-corrected chi connectivity index (χ1v) is 6.13. The molecule has 1 N–H and O–H groups in total. The van der Waals surface area contributed by atoms with Crippen LogP contribution < -0.4 is 0 Å². The highest BCUT2D eigenvalue weighted by molar-refractivity contribution is 6.02. The molecule has 1 atom stereocenters. The Balaban J connectivity index is 2.17. The molecule has 3 rings (SSSR count). The van der Waals surface area contributed by atoms with Crippen molar-refractivity contribution >= 4 is 5.78 Å².